The number of hydrogen-bond acceptors (Lipinski definition) is 8. The van der Waals surface area contributed by atoms with Gasteiger partial charge in [-0.05, 0) is 53.5 Å². The van der Waals surface area contributed by atoms with Gasteiger partial charge in [-0.25, -0.2) is 0 Å². The van der Waals surface area contributed by atoms with Crippen LogP contribution < -0.4 is 10.7 Å². The van der Waals surface area contributed by atoms with Gasteiger partial charge in [0.1, 0.15) is 6.54 Å². The highest BCUT2D eigenvalue weighted by molar-refractivity contribution is 9.10. The summed E-state index contributed by atoms with van der Waals surface area (Å²) in [7, 11) is 3.86. The van der Waals surface area contributed by atoms with Gasteiger partial charge in [0.25, 0.3) is 5.69 Å². The number of likely N-dealkylation sites (N-methyl/N-ethyl adjacent to an activating group) is 2. The number of nitro benzene ring substituents is 2. The minimum absolute atomic E-state index is 0.0859. The van der Waals surface area contributed by atoms with Crippen molar-refractivity contribution in [2.24, 2.45) is 16.1 Å². The van der Waals surface area contributed by atoms with Gasteiger partial charge in [-0.3, -0.25) is 24.8 Å². The molecule has 0 bridgehead atoms. The van der Waals surface area contributed by atoms with Crippen LogP contribution in [0.3, 0.4) is 0 Å². The Morgan fingerprint density at radius 3 is 2.32 bits per heavy atom. The standard InChI is InChI=1S/C19H25BrN7O4/c1-5-24(8-9-27(3,4)21)14-6-7-17(13(2)10-14)22-23-19-16(20)11-15(25(28)29)12-18(19)26(30)31/h6-7,10-12H,5,8-9,21H2,1-4H3/q+1. The molecule has 0 heterocycles. The summed E-state index contributed by atoms with van der Waals surface area (Å²) in [5.74, 6) is 6.03. The first-order valence-electron chi connectivity index (χ1n) is 9.44. The number of nitrogens with zero attached hydrogens (tertiary/aromatic N) is 6. The van der Waals surface area contributed by atoms with E-state index in [1.54, 1.807) is 6.07 Å². The predicted octanol–water partition coefficient (Wildman–Crippen LogP) is 4.77. The molecule has 0 fully saturated rings. The zero-order chi connectivity index (χ0) is 23.3. The fourth-order valence-corrected chi connectivity index (χ4v) is 3.33. The Hall–Kier alpha value is -2.96. The van der Waals surface area contributed by atoms with Crippen LogP contribution in [0, 0.1) is 27.2 Å². The first-order chi connectivity index (χ1) is 14.4. The van der Waals surface area contributed by atoms with E-state index in [9.17, 15) is 20.2 Å². The minimum atomic E-state index is -0.724. The van der Waals surface area contributed by atoms with Gasteiger partial charge in [-0.1, -0.05) is 0 Å². The fourth-order valence-electron chi connectivity index (χ4n) is 2.81. The zero-order valence-electron chi connectivity index (χ0n) is 17.8. The van der Waals surface area contributed by atoms with Crippen LogP contribution in [0.15, 0.2) is 45.0 Å². The number of hydrogen-bond donors (Lipinski definition) is 1. The third kappa shape index (κ3) is 6.51. The number of halogens is 1. The summed E-state index contributed by atoms with van der Waals surface area (Å²) in [4.78, 5) is 23.1. The van der Waals surface area contributed by atoms with Gasteiger partial charge >= 0.3 is 5.69 Å². The summed E-state index contributed by atoms with van der Waals surface area (Å²) in [6.45, 7) is 6.29. The van der Waals surface area contributed by atoms with Crippen molar-refractivity contribution in [2.45, 2.75) is 13.8 Å². The third-order valence-corrected chi connectivity index (χ3v) is 5.17. The Morgan fingerprint density at radius 2 is 1.81 bits per heavy atom. The lowest BCUT2D eigenvalue weighted by Gasteiger charge is -2.28. The van der Waals surface area contributed by atoms with E-state index in [1.807, 2.05) is 33.2 Å². The van der Waals surface area contributed by atoms with Gasteiger partial charge in [0, 0.05) is 18.3 Å². The van der Waals surface area contributed by atoms with Gasteiger partial charge < -0.3 is 4.90 Å². The lowest BCUT2D eigenvalue weighted by molar-refractivity contribution is -0.900. The molecule has 0 aliphatic rings. The number of rotatable bonds is 9. The molecule has 0 atom stereocenters. The Labute approximate surface area is 188 Å². The Balaban J connectivity index is 2.33. The highest BCUT2D eigenvalue weighted by atomic mass is 79.9. The molecule has 2 aromatic rings. The summed E-state index contributed by atoms with van der Waals surface area (Å²) >= 11 is 3.12. The van der Waals surface area contributed by atoms with Crippen LogP contribution in [0.1, 0.15) is 12.5 Å². The number of aryl methyl sites for hydroxylation is 1. The van der Waals surface area contributed by atoms with Crippen LogP contribution in [0.5, 0.6) is 0 Å². The van der Waals surface area contributed by atoms with Gasteiger partial charge in [0.15, 0.2) is 5.69 Å². The number of quaternary nitrogens is 1. The number of azo groups is 1. The predicted molar refractivity (Wildman–Crippen MR) is 122 cm³/mol. The number of benzene rings is 2. The zero-order valence-corrected chi connectivity index (χ0v) is 19.4. The van der Waals surface area contributed by atoms with Crippen LogP contribution in [0.4, 0.5) is 28.4 Å². The molecule has 0 aliphatic heterocycles. The summed E-state index contributed by atoms with van der Waals surface area (Å²) < 4.78 is 0.483. The second-order valence-corrected chi connectivity index (χ2v) is 8.42. The SMILES string of the molecule is CCN(CC[N+](C)(C)N)c1ccc(N=Nc2c(Br)cc([N+](=O)[O-])cc2[N+](=O)[O-])c(C)c1. The molecular formula is C19H25BrN7O4+. The molecule has 0 aromatic heterocycles. The van der Waals surface area contributed by atoms with Crippen molar-refractivity contribution in [1.29, 1.82) is 0 Å². The van der Waals surface area contributed by atoms with Gasteiger partial charge in [-0.15, -0.1) is 10.2 Å². The molecule has 0 spiro atoms. The molecule has 0 amide bonds. The van der Waals surface area contributed by atoms with E-state index >= 15 is 0 Å². The number of non-ortho nitro benzene ring substituents is 1. The number of anilines is 1. The first kappa shape index (κ1) is 24.3. The molecule has 166 valence electrons. The third-order valence-electron chi connectivity index (χ3n) is 4.57. The molecule has 2 N–H and O–H groups in total. The van der Waals surface area contributed by atoms with Crippen molar-refractivity contribution in [1.82, 2.24) is 0 Å². The average Bonchev–Trinajstić information content (AvgIpc) is 2.67. The molecule has 11 nitrogen and oxygen atoms in total. The molecule has 0 saturated heterocycles. The fraction of sp³-hybridized carbons (Fsp3) is 0.368. The summed E-state index contributed by atoms with van der Waals surface area (Å²) in [5, 5.41) is 30.5. The van der Waals surface area contributed by atoms with E-state index in [1.165, 1.54) is 0 Å². The highest BCUT2D eigenvalue weighted by Gasteiger charge is 2.23. The smallest absolute Gasteiger partial charge is 0.304 e. The Bertz CT molecular complexity index is 1020. The van der Waals surface area contributed by atoms with E-state index in [4.69, 9.17) is 5.84 Å². The molecule has 12 heteroatoms. The largest absolute Gasteiger partial charge is 0.366 e. The van der Waals surface area contributed by atoms with Crippen LogP contribution in [-0.4, -0.2) is 48.2 Å². The topological polar surface area (TPSA) is 140 Å². The van der Waals surface area contributed by atoms with E-state index in [0.29, 0.717) is 10.3 Å². The lowest BCUT2D eigenvalue weighted by atomic mass is 10.1. The molecule has 0 aliphatic carbocycles. The van der Waals surface area contributed by atoms with Crippen LogP contribution in [0.25, 0.3) is 0 Å². The van der Waals surface area contributed by atoms with E-state index in [0.717, 1.165) is 43.0 Å². The maximum atomic E-state index is 11.4. The van der Waals surface area contributed by atoms with Crippen LogP contribution in [0.2, 0.25) is 0 Å². The van der Waals surface area contributed by atoms with Crippen molar-refractivity contribution in [3.63, 3.8) is 0 Å². The van der Waals surface area contributed by atoms with E-state index in [2.05, 4.69) is 38.0 Å². The second-order valence-electron chi connectivity index (χ2n) is 7.56. The second kappa shape index (κ2) is 9.90. The van der Waals surface area contributed by atoms with E-state index < -0.39 is 21.2 Å². The van der Waals surface area contributed by atoms with Gasteiger partial charge in [0.05, 0.1) is 46.7 Å². The summed E-state index contributed by atoms with van der Waals surface area (Å²) in [6, 6.07) is 7.68. The maximum Gasteiger partial charge on any atom is 0.304 e. The minimum Gasteiger partial charge on any atom is -0.366 e. The molecule has 2 rings (SSSR count). The quantitative estimate of drug-likeness (QED) is 0.175. The Morgan fingerprint density at radius 1 is 1.13 bits per heavy atom. The molecule has 0 saturated carbocycles. The van der Waals surface area contributed by atoms with Crippen molar-refractivity contribution >= 4 is 44.4 Å². The maximum absolute atomic E-state index is 11.4. The van der Waals surface area contributed by atoms with Crippen molar-refractivity contribution in [3.05, 3.63) is 60.6 Å². The van der Waals surface area contributed by atoms with E-state index in [-0.39, 0.29) is 10.2 Å². The molecule has 31 heavy (non-hydrogen) atoms. The van der Waals surface area contributed by atoms with Crippen molar-refractivity contribution in [2.75, 3.05) is 38.6 Å². The first-order valence-corrected chi connectivity index (χ1v) is 10.2. The normalized spacial score (nSPS) is 11.7. The molecule has 2 aromatic carbocycles. The lowest BCUT2D eigenvalue weighted by Crippen LogP contribution is -2.51. The van der Waals surface area contributed by atoms with Crippen LogP contribution >= 0.6 is 15.9 Å². The van der Waals surface area contributed by atoms with Crippen LogP contribution in [-0.2, 0) is 0 Å². The highest BCUT2D eigenvalue weighted by Crippen LogP contribution is 2.40. The molecule has 0 unspecified atom stereocenters. The van der Waals surface area contributed by atoms with Gasteiger partial charge in [-0.2, -0.15) is 5.84 Å². The van der Waals surface area contributed by atoms with Gasteiger partial charge in [0.2, 0.25) is 0 Å². The summed E-state index contributed by atoms with van der Waals surface area (Å²) in [6.07, 6.45) is 0. The molecular weight excluding hydrogens is 470 g/mol. The average molecular weight is 495 g/mol. The number of nitro groups is 2. The molecule has 0 radical (unpaired) electrons. The number of nitrogens with two attached hydrogens (primary N) is 1. The summed E-state index contributed by atoms with van der Waals surface area (Å²) in [5.41, 5.74) is 1.39. The van der Waals surface area contributed by atoms with Crippen molar-refractivity contribution < 1.29 is 14.4 Å². The monoisotopic (exact) mass is 494 g/mol. The van der Waals surface area contributed by atoms with Crippen molar-refractivity contribution in [3.8, 4) is 0 Å². The Kier molecular flexibility index (Phi) is 7.76.